The van der Waals surface area contributed by atoms with Gasteiger partial charge in [0.2, 0.25) is 5.91 Å². The smallest absolute Gasteiger partial charge is 0.248 e. The van der Waals surface area contributed by atoms with Crippen LogP contribution in [0.2, 0.25) is 0 Å². The number of hydrogen-bond donors (Lipinski definition) is 2. The molecule has 0 spiro atoms. The third-order valence-corrected chi connectivity index (χ3v) is 4.17. The topological polar surface area (TPSA) is 62.2 Å². The number of rotatable bonds is 8. The van der Waals surface area contributed by atoms with Gasteiger partial charge >= 0.3 is 0 Å². The molecule has 1 rings (SSSR count). The number of carbonyl (C=O) groups is 1. The van der Waals surface area contributed by atoms with Gasteiger partial charge < -0.3 is 10.4 Å². The van der Waals surface area contributed by atoms with E-state index in [-0.39, 0.29) is 5.91 Å². The van der Waals surface area contributed by atoms with Crippen molar-refractivity contribution in [1.82, 2.24) is 10.3 Å². The Morgan fingerprint density at radius 3 is 3.06 bits per heavy atom. The van der Waals surface area contributed by atoms with Gasteiger partial charge in [0.15, 0.2) is 0 Å². The maximum absolute atomic E-state index is 11.5. The van der Waals surface area contributed by atoms with Crippen LogP contribution in [0.25, 0.3) is 0 Å². The summed E-state index contributed by atoms with van der Waals surface area (Å²) in [4.78, 5) is 15.9. The summed E-state index contributed by atoms with van der Waals surface area (Å²) >= 11 is 3.27. The summed E-state index contributed by atoms with van der Waals surface area (Å²) in [5.41, 5.74) is 1.01. The van der Waals surface area contributed by atoms with Crippen LogP contribution in [-0.4, -0.2) is 40.7 Å². The van der Waals surface area contributed by atoms with Crippen LogP contribution in [0.15, 0.2) is 5.38 Å². The van der Waals surface area contributed by atoms with Crippen molar-refractivity contribution >= 4 is 29.0 Å². The number of aliphatic hydroxyl groups excluding tert-OH is 1. The first-order chi connectivity index (χ1) is 8.67. The largest absolute Gasteiger partial charge is 0.383 e. The molecule has 2 N–H and O–H groups in total. The maximum atomic E-state index is 11.5. The van der Waals surface area contributed by atoms with E-state index in [2.05, 4.69) is 17.2 Å². The van der Waals surface area contributed by atoms with Crippen molar-refractivity contribution in [3.8, 4) is 0 Å². The third kappa shape index (κ3) is 5.37. The molecule has 0 aliphatic rings. The molecular formula is C12H20N2O2S2. The van der Waals surface area contributed by atoms with Gasteiger partial charge in [-0.05, 0) is 24.9 Å². The highest BCUT2D eigenvalue weighted by Gasteiger charge is 2.13. The van der Waals surface area contributed by atoms with Crippen molar-refractivity contribution < 1.29 is 9.90 Å². The Kier molecular flexibility index (Phi) is 7.31. The number of hydrogen-bond acceptors (Lipinski definition) is 5. The Morgan fingerprint density at radius 2 is 2.44 bits per heavy atom. The van der Waals surface area contributed by atoms with Gasteiger partial charge in [-0.3, -0.25) is 4.79 Å². The molecule has 0 radical (unpaired) electrons. The Morgan fingerprint density at radius 1 is 1.67 bits per heavy atom. The molecule has 1 aromatic rings. The minimum absolute atomic E-state index is 0.282. The predicted octanol–water partition coefficient (Wildman–Crippen LogP) is 1.48. The molecule has 0 saturated carbocycles. The predicted molar refractivity (Wildman–Crippen MR) is 77.2 cm³/mol. The first kappa shape index (κ1) is 15.5. The second-order valence-corrected chi connectivity index (χ2v) is 5.85. The van der Waals surface area contributed by atoms with Gasteiger partial charge in [0.1, 0.15) is 6.10 Å². The van der Waals surface area contributed by atoms with E-state index < -0.39 is 6.10 Å². The van der Waals surface area contributed by atoms with Crippen molar-refractivity contribution in [2.24, 2.45) is 0 Å². The van der Waals surface area contributed by atoms with E-state index in [0.717, 1.165) is 29.3 Å². The number of carbonyl (C=O) groups excluding carboxylic acids is 1. The van der Waals surface area contributed by atoms with Crippen LogP contribution in [0.4, 0.5) is 0 Å². The van der Waals surface area contributed by atoms with Crippen LogP contribution in [0, 0.1) is 0 Å². The molecule has 0 bridgehead atoms. The molecule has 0 aromatic carbocycles. The van der Waals surface area contributed by atoms with Gasteiger partial charge in [-0.1, -0.05) is 6.92 Å². The highest BCUT2D eigenvalue weighted by Crippen LogP contribution is 2.10. The van der Waals surface area contributed by atoms with E-state index in [4.69, 9.17) is 0 Å². The Hall–Kier alpha value is -0.590. The standard InChI is InChI=1S/C12H20N2O2S2/c1-3-11-14-9(8-18-11)4-6-13-12(16)10(15)5-7-17-2/h8,10,15H,3-7H2,1-2H3,(H,13,16). The first-order valence-corrected chi connectivity index (χ1v) is 8.32. The van der Waals surface area contributed by atoms with E-state index in [0.29, 0.717) is 13.0 Å². The lowest BCUT2D eigenvalue weighted by Gasteiger charge is -2.09. The average Bonchev–Trinajstić information content (AvgIpc) is 2.83. The summed E-state index contributed by atoms with van der Waals surface area (Å²) in [5, 5.41) is 15.4. The van der Waals surface area contributed by atoms with E-state index in [9.17, 15) is 9.90 Å². The maximum Gasteiger partial charge on any atom is 0.248 e. The Balaban J connectivity index is 2.22. The molecule has 6 heteroatoms. The first-order valence-electron chi connectivity index (χ1n) is 6.05. The van der Waals surface area contributed by atoms with Gasteiger partial charge in [0.05, 0.1) is 10.7 Å². The number of nitrogens with one attached hydrogen (secondary N) is 1. The van der Waals surface area contributed by atoms with Gasteiger partial charge in [0, 0.05) is 18.3 Å². The number of amides is 1. The Labute approximate surface area is 116 Å². The lowest BCUT2D eigenvalue weighted by Crippen LogP contribution is -2.36. The molecule has 1 atom stereocenters. The van der Waals surface area contributed by atoms with Crippen LogP contribution in [0.3, 0.4) is 0 Å². The third-order valence-electron chi connectivity index (χ3n) is 2.48. The highest BCUT2D eigenvalue weighted by atomic mass is 32.2. The van der Waals surface area contributed by atoms with Crippen LogP contribution >= 0.6 is 23.1 Å². The lowest BCUT2D eigenvalue weighted by atomic mass is 10.2. The molecule has 1 heterocycles. The average molecular weight is 288 g/mol. The lowest BCUT2D eigenvalue weighted by molar-refractivity contribution is -0.129. The number of aliphatic hydroxyl groups is 1. The zero-order valence-corrected chi connectivity index (χ0v) is 12.4. The van der Waals surface area contributed by atoms with Crippen molar-refractivity contribution in [2.45, 2.75) is 32.3 Å². The zero-order chi connectivity index (χ0) is 13.4. The fraction of sp³-hybridized carbons (Fsp3) is 0.667. The quantitative estimate of drug-likeness (QED) is 0.760. The highest BCUT2D eigenvalue weighted by molar-refractivity contribution is 7.98. The number of nitrogens with zero attached hydrogens (tertiary/aromatic N) is 1. The molecule has 0 saturated heterocycles. The fourth-order valence-electron chi connectivity index (χ4n) is 1.42. The zero-order valence-electron chi connectivity index (χ0n) is 10.8. The molecule has 0 fully saturated rings. The summed E-state index contributed by atoms with van der Waals surface area (Å²) in [6.07, 6.45) is 3.24. The van der Waals surface area contributed by atoms with Crippen molar-refractivity contribution in [3.05, 3.63) is 16.1 Å². The van der Waals surface area contributed by atoms with Gasteiger partial charge in [-0.15, -0.1) is 11.3 Å². The monoisotopic (exact) mass is 288 g/mol. The second kappa shape index (κ2) is 8.50. The van der Waals surface area contributed by atoms with Crippen LogP contribution in [0.5, 0.6) is 0 Å². The summed E-state index contributed by atoms with van der Waals surface area (Å²) in [5.74, 6) is 0.510. The van der Waals surface area contributed by atoms with Crippen molar-refractivity contribution in [2.75, 3.05) is 18.6 Å². The van der Waals surface area contributed by atoms with Crippen molar-refractivity contribution in [3.63, 3.8) is 0 Å². The molecule has 102 valence electrons. The number of thioether (sulfide) groups is 1. The molecule has 1 amide bonds. The second-order valence-electron chi connectivity index (χ2n) is 3.92. The van der Waals surface area contributed by atoms with Gasteiger partial charge in [-0.2, -0.15) is 11.8 Å². The van der Waals surface area contributed by atoms with E-state index in [1.165, 1.54) is 0 Å². The van der Waals surface area contributed by atoms with E-state index in [1.807, 2.05) is 11.6 Å². The molecule has 18 heavy (non-hydrogen) atoms. The number of aromatic nitrogens is 1. The SMILES string of the molecule is CCc1nc(CCNC(=O)C(O)CCSC)cs1. The number of aryl methyl sites for hydroxylation is 1. The Bertz CT molecular complexity index is 369. The van der Waals surface area contributed by atoms with Crippen LogP contribution in [-0.2, 0) is 17.6 Å². The van der Waals surface area contributed by atoms with Crippen LogP contribution in [0.1, 0.15) is 24.0 Å². The molecule has 1 unspecified atom stereocenters. The van der Waals surface area contributed by atoms with E-state index in [1.54, 1.807) is 23.1 Å². The summed E-state index contributed by atoms with van der Waals surface area (Å²) in [6, 6.07) is 0. The normalized spacial score (nSPS) is 12.4. The van der Waals surface area contributed by atoms with Gasteiger partial charge in [-0.25, -0.2) is 4.98 Å². The van der Waals surface area contributed by atoms with E-state index >= 15 is 0 Å². The van der Waals surface area contributed by atoms with Crippen LogP contribution < -0.4 is 5.32 Å². The molecule has 0 aliphatic carbocycles. The molecule has 1 aromatic heterocycles. The minimum Gasteiger partial charge on any atom is -0.383 e. The minimum atomic E-state index is -0.890. The fourth-order valence-corrected chi connectivity index (χ4v) is 2.66. The van der Waals surface area contributed by atoms with Crippen molar-refractivity contribution in [1.29, 1.82) is 0 Å². The molecular weight excluding hydrogens is 268 g/mol. The van der Waals surface area contributed by atoms with Gasteiger partial charge in [0.25, 0.3) is 0 Å². The molecule has 4 nitrogen and oxygen atoms in total. The molecule has 0 aliphatic heterocycles. The number of thiazole rings is 1. The summed E-state index contributed by atoms with van der Waals surface area (Å²) < 4.78 is 0. The summed E-state index contributed by atoms with van der Waals surface area (Å²) in [6.45, 7) is 2.61. The summed E-state index contributed by atoms with van der Waals surface area (Å²) in [7, 11) is 0.